The molecule has 0 saturated carbocycles. The van der Waals surface area contributed by atoms with Crippen molar-refractivity contribution >= 4 is 0 Å². The lowest BCUT2D eigenvalue weighted by molar-refractivity contribution is 0.159. The van der Waals surface area contributed by atoms with Gasteiger partial charge in [0.1, 0.15) is 11.6 Å². The summed E-state index contributed by atoms with van der Waals surface area (Å²) in [5, 5.41) is 0. The molecule has 0 aliphatic carbocycles. The van der Waals surface area contributed by atoms with Crippen molar-refractivity contribution in [3.63, 3.8) is 0 Å². The zero-order valence-corrected chi connectivity index (χ0v) is 13.3. The average molecular weight is 299 g/mol. The first-order valence-electron chi connectivity index (χ1n) is 8.17. The lowest BCUT2D eigenvalue weighted by Crippen LogP contribution is -2.35. The number of aryl methyl sites for hydroxylation is 1. The second kappa shape index (κ2) is 7.45. The monoisotopic (exact) mass is 299 g/mol. The van der Waals surface area contributed by atoms with Crippen LogP contribution in [0.5, 0.6) is 5.75 Å². The molecule has 0 bridgehead atoms. The number of likely N-dealkylation sites (tertiary alicyclic amines) is 1. The minimum Gasteiger partial charge on any atom is -0.497 e. The highest BCUT2D eigenvalue weighted by atomic mass is 16.5. The number of hydrogen-bond acceptors (Lipinski definition) is 3. The van der Waals surface area contributed by atoms with Crippen LogP contribution in [0, 0.1) is 5.92 Å². The van der Waals surface area contributed by atoms with Gasteiger partial charge in [0, 0.05) is 18.9 Å². The number of imidazole rings is 1. The van der Waals surface area contributed by atoms with Gasteiger partial charge in [-0.1, -0.05) is 12.1 Å². The second-order valence-corrected chi connectivity index (χ2v) is 6.17. The molecule has 1 atom stereocenters. The third-order valence-corrected chi connectivity index (χ3v) is 4.51. The Bertz CT molecular complexity index is 567. The number of nitrogens with one attached hydrogen (secondary N) is 1. The van der Waals surface area contributed by atoms with Crippen LogP contribution in [0.2, 0.25) is 0 Å². The van der Waals surface area contributed by atoms with Gasteiger partial charge in [-0.25, -0.2) is 4.98 Å². The highest BCUT2D eigenvalue weighted by Gasteiger charge is 2.20. The summed E-state index contributed by atoms with van der Waals surface area (Å²) in [6.45, 7) is 3.32. The molecule has 118 valence electrons. The molecule has 0 spiro atoms. The van der Waals surface area contributed by atoms with Crippen molar-refractivity contribution in [1.29, 1.82) is 0 Å². The van der Waals surface area contributed by atoms with Crippen LogP contribution in [-0.4, -0.2) is 35.1 Å². The molecule has 1 N–H and O–H groups in total. The topological polar surface area (TPSA) is 41.1 Å². The lowest BCUT2D eigenvalue weighted by Gasteiger charge is -2.32. The number of hydrogen-bond donors (Lipinski definition) is 1. The number of H-pyrrole nitrogens is 1. The number of rotatable bonds is 6. The first-order valence-corrected chi connectivity index (χ1v) is 8.17. The van der Waals surface area contributed by atoms with Crippen LogP contribution >= 0.6 is 0 Å². The third-order valence-electron chi connectivity index (χ3n) is 4.51. The minimum atomic E-state index is 0.787. The van der Waals surface area contributed by atoms with Gasteiger partial charge in [-0.15, -0.1) is 0 Å². The van der Waals surface area contributed by atoms with Gasteiger partial charge in [0.15, 0.2) is 0 Å². The van der Waals surface area contributed by atoms with Gasteiger partial charge in [0.2, 0.25) is 0 Å². The predicted molar refractivity (Wildman–Crippen MR) is 87.9 cm³/mol. The molecule has 0 radical (unpaired) electrons. The molecule has 4 nitrogen and oxygen atoms in total. The van der Waals surface area contributed by atoms with Gasteiger partial charge in [-0.2, -0.15) is 0 Å². The van der Waals surface area contributed by atoms with Crippen molar-refractivity contribution in [2.75, 3.05) is 20.2 Å². The molecule has 0 amide bonds. The average Bonchev–Trinajstić information content (AvgIpc) is 3.06. The first-order chi connectivity index (χ1) is 10.8. The number of benzene rings is 1. The molecule has 1 aromatic heterocycles. The SMILES string of the molecule is COc1cccc(CC[C@H]2CCCN(Cc3ncc[nH]3)C2)c1. The second-order valence-electron chi connectivity index (χ2n) is 6.17. The molecule has 2 aromatic rings. The maximum absolute atomic E-state index is 5.30. The van der Waals surface area contributed by atoms with Crippen LogP contribution in [0.1, 0.15) is 30.7 Å². The standard InChI is InChI=1S/C18H25N3O/c1-22-17-6-2-4-15(12-17)7-8-16-5-3-11-21(13-16)14-18-19-9-10-20-18/h2,4,6,9-10,12,16H,3,5,7-8,11,13-14H2,1H3,(H,19,20)/t16-/m1/s1. The smallest absolute Gasteiger partial charge is 0.120 e. The van der Waals surface area contributed by atoms with Gasteiger partial charge >= 0.3 is 0 Å². The number of methoxy groups -OCH3 is 1. The Morgan fingerprint density at radius 2 is 2.36 bits per heavy atom. The molecule has 1 fully saturated rings. The van der Waals surface area contributed by atoms with Gasteiger partial charge in [-0.3, -0.25) is 4.90 Å². The normalized spacial score (nSPS) is 19.2. The van der Waals surface area contributed by atoms with Crippen LogP contribution < -0.4 is 4.74 Å². The molecule has 4 heteroatoms. The fraction of sp³-hybridized carbons (Fsp3) is 0.500. The van der Waals surface area contributed by atoms with Crippen molar-refractivity contribution in [1.82, 2.24) is 14.9 Å². The van der Waals surface area contributed by atoms with E-state index in [9.17, 15) is 0 Å². The Balaban J connectivity index is 1.49. The summed E-state index contributed by atoms with van der Waals surface area (Å²) < 4.78 is 5.30. The molecular formula is C18H25N3O. The quantitative estimate of drug-likeness (QED) is 0.890. The maximum Gasteiger partial charge on any atom is 0.120 e. The zero-order chi connectivity index (χ0) is 15.2. The van der Waals surface area contributed by atoms with Gasteiger partial charge in [-0.05, 0) is 55.8 Å². The van der Waals surface area contributed by atoms with E-state index in [1.54, 1.807) is 7.11 Å². The van der Waals surface area contributed by atoms with E-state index in [2.05, 4.69) is 33.1 Å². The summed E-state index contributed by atoms with van der Waals surface area (Å²) in [5.74, 6) is 2.82. The van der Waals surface area contributed by atoms with Crippen molar-refractivity contribution in [2.45, 2.75) is 32.2 Å². The van der Waals surface area contributed by atoms with Crippen LogP contribution in [0.25, 0.3) is 0 Å². The fourth-order valence-corrected chi connectivity index (χ4v) is 3.33. The highest BCUT2D eigenvalue weighted by Crippen LogP contribution is 2.23. The maximum atomic E-state index is 5.30. The fourth-order valence-electron chi connectivity index (χ4n) is 3.33. The van der Waals surface area contributed by atoms with E-state index in [0.717, 1.165) is 30.5 Å². The molecular weight excluding hydrogens is 274 g/mol. The first kappa shape index (κ1) is 15.1. The van der Waals surface area contributed by atoms with Crippen molar-refractivity contribution in [3.8, 4) is 5.75 Å². The molecule has 1 aromatic carbocycles. The van der Waals surface area contributed by atoms with Crippen molar-refractivity contribution in [3.05, 3.63) is 48.0 Å². The molecule has 1 aliphatic heterocycles. The molecule has 1 aliphatic rings. The Labute approximate surface area is 132 Å². The number of piperidine rings is 1. The lowest BCUT2D eigenvalue weighted by atomic mass is 9.91. The molecule has 22 heavy (non-hydrogen) atoms. The Kier molecular flexibility index (Phi) is 5.11. The van der Waals surface area contributed by atoms with E-state index in [4.69, 9.17) is 4.74 Å². The van der Waals surface area contributed by atoms with Crippen LogP contribution in [0.4, 0.5) is 0 Å². The summed E-state index contributed by atoms with van der Waals surface area (Å²) in [5.41, 5.74) is 1.38. The third kappa shape index (κ3) is 4.10. The summed E-state index contributed by atoms with van der Waals surface area (Å²) in [7, 11) is 1.73. The van der Waals surface area contributed by atoms with E-state index in [1.807, 2.05) is 18.5 Å². The summed E-state index contributed by atoms with van der Waals surface area (Å²) in [4.78, 5) is 10.1. The summed E-state index contributed by atoms with van der Waals surface area (Å²) >= 11 is 0. The number of aromatic nitrogens is 2. The zero-order valence-electron chi connectivity index (χ0n) is 13.3. The Morgan fingerprint density at radius 1 is 1.41 bits per heavy atom. The largest absolute Gasteiger partial charge is 0.497 e. The predicted octanol–water partition coefficient (Wildman–Crippen LogP) is 3.26. The highest BCUT2D eigenvalue weighted by molar-refractivity contribution is 5.28. The van der Waals surface area contributed by atoms with E-state index in [-0.39, 0.29) is 0 Å². The van der Waals surface area contributed by atoms with Crippen molar-refractivity contribution in [2.24, 2.45) is 5.92 Å². The number of ether oxygens (including phenoxy) is 1. The van der Waals surface area contributed by atoms with Crippen LogP contribution in [0.15, 0.2) is 36.7 Å². The molecule has 1 saturated heterocycles. The van der Waals surface area contributed by atoms with E-state index < -0.39 is 0 Å². The van der Waals surface area contributed by atoms with Crippen LogP contribution in [0.3, 0.4) is 0 Å². The summed E-state index contributed by atoms with van der Waals surface area (Å²) in [6.07, 6.45) is 8.76. The molecule has 2 heterocycles. The van der Waals surface area contributed by atoms with Gasteiger partial charge < -0.3 is 9.72 Å². The number of nitrogens with zero attached hydrogens (tertiary/aromatic N) is 2. The Hall–Kier alpha value is -1.81. The van der Waals surface area contributed by atoms with E-state index in [0.29, 0.717) is 0 Å². The van der Waals surface area contributed by atoms with Gasteiger partial charge in [0.25, 0.3) is 0 Å². The minimum absolute atomic E-state index is 0.787. The Morgan fingerprint density at radius 3 is 3.18 bits per heavy atom. The summed E-state index contributed by atoms with van der Waals surface area (Å²) in [6, 6.07) is 8.45. The van der Waals surface area contributed by atoms with E-state index >= 15 is 0 Å². The number of aromatic amines is 1. The molecule has 0 unspecified atom stereocenters. The van der Waals surface area contributed by atoms with Gasteiger partial charge in [0.05, 0.1) is 13.7 Å². The van der Waals surface area contributed by atoms with E-state index in [1.165, 1.54) is 37.9 Å². The van der Waals surface area contributed by atoms with Crippen molar-refractivity contribution < 1.29 is 4.74 Å². The van der Waals surface area contributed by atoms with Crippen LogP contribution in [-0.2, 0) is 13.0 Å². The molecule has 3 rings (SSSR count).